The van der Waals surface area contributed by atoms with Crippen molar-refractivity contribution in [1.29, 1.82) is 0 Å². The van der Waals surface area contributed by atoms with Crippen molar-refractivity contribution in [3.05, 3.63) is 60.3 Å². The molecule has 2 aromatic carbocycles. The lowest BCUT2D eigenvalue weighted by molar-refractivity contribution is 0.313. The third kappa shape index (κ3) is 5.35. The van der Waals surface area contributed by atoms with E-state index in [-0.39, 0.29) is 4.90 Å². The van der Waals surface area contributed by atoms with E-state index in [9.17, 15) is 8.42 Å². The fraction of sp³-hybridized carbons (Fsp3) is 0.304. The van der Waals surface area contributed by atoms with Gasteiger partial charge in [0.25, 0.3) is 0 Å². The van der Waals surface area contributed by atoms with Gasteiger partial charge in [-0.1, -0.05) is 6.07 Å². The summed E-state index contributed by atoms with van der Waals surface area (Å²) in [5.74, 6) is 1.08. The highest BCUT2D eigenvalue weighted by Gasteiger charge is 2.14. The summed E-state index contributed by atoms with van der Waals surface area (Å²) in [4.78, 5) is 13.9. The van der Waals surface area contributed by atoms with Crippen LogP contribution in [0.4, 0.5) is 28.8 Å². The number of hydrogen-bond acceptors (Lipinski definition) is 8. The van der Waals surface area contributed by atoms with E-state index in [4.69, 9.17) is 0 Å². The molecule has 1 aromatic heterocycles. The molecule has 9 heteroatoms. The molecule has 0 saturated carbocycles. The largest absolute Gasteiger partial charge is 0.369 e. The van der Waals surface area contributed by atoms with Gasteiger partial charge in [0, 0.05) is 61.3 Å². The second kappa shape index (κ2) is 9.13. The van der Waals surface area contributed by atoms with E-state index in [1.54, 1.807) is 30.5 Å². The monoisotopic (exact) mass is 452 g/mol. The summed E-state index contributed by atoms with van der Waals surface area (Å²) in [7, 11) is -1.13. The van der Waals surface area contributed by atoms with E-state index in [1.807, 2.05) is 19.1 Å². The third-order valence-electron chi connectivity index (χ3n) is 5.49. The minimum Gasteiger partial charge on any atom is -0.369 e. The van der Waals surface area contributed by atoms with Gasteiger partial charge in [0.05, 0.1) is 4.90 Å². The highest BCUT2D eigenvalue weighted by molar-refractivity contribution is 7.90. The first-order valence-electron chi connectivity index (χ1n) is 10.5. The molecule has 1 aliphatic rings. The fourth-order valence-electron chi connectivity index (χ4n) is 3.52. The summed E-state index contributed by atoms with van der Waals surface area (Å²) >= 11 is 0. The van der Waals surface area contributed by atoms with Crippen LogP contribution in [-0.4, -0.2) is 62.8 Å². The van der Waals surface area contributed by atoms with Gasteiger partial charge in [-0.05, 0) is 56.4 Å². The van der Waals surface area contributed by atoms with Crippen molar-refractivity contribution in [1.82, 2.24) is 14.9 Å². The third-order valence-corrected chi connectivity index (χ3v) is 6.60. The Morgan fingerprint density at radius 3 is 2.34 bits per heavy atom. The summed E-state index contributed by atoms with van der Waals surface area (Å²) in [6.45, 7) is 6.09. The molecule has 4 rings (SSSR count). The fourth-order valence-corrected chi connectivity index (χ4v) is 4.19. The van der Waals surface area contributed by atoms with E-state index >= 15 is 0 Å². The SMILES string of the molecule is Cc1cnc(Nc2ccc(N3CCN(C)CC3)cc2)nc1Nc1cccc(S(C)(=O)=O)c1. The van der Waals surface area contributed by atoms with Gasteiger partial charge < -0.3 is 20.4 Å². The van der Waals surface area contributed by atoms with Crippen LogP contribution in [-0.2, 0) is 9.84 Å². The minimum absolute atomic E-state index is 0.257. The molecule has 168 valence electrons. The molecule has 1 fully saturated rings. The molecular formula is C23H28N6O2S. The Morgan fingerprint density at radius 2 is 1.66 bits per heavy atom. The second-order valence-electron chi connectivity index (χ2n) is 8.11. The van der Waals surface area contributed by atoms with E-state index in [0.29, 0.717) is 17.5 Å². The predicted octanol–water partition coefficient (Wildman–Crippen LogP) is 3.43. The second-order valence-corrected chi connectivity index (χ2v) is 10.1. The zero-order valence-electron chi connectivity index (χ0n) is 18.5. The smallest absolute Gasteiger partial charge is 0.229 e. The Labute approximate surface area is 189 Å². The topological polar surface area (TPSA) is 90.5 Å². The van der Waals surface area contributed by atoms with Gasteiger partial charge in [0.15, 0.2) is 9.84 Å². The molecule has 0 spiro atoms. The van der Waals surface area contributed by atoms with Crippen molar-refractivity contribution in [3.63, 3.8) is 0 Å². The molecule has 32 heavy (non-hydrogen) atoms. The molecule has 0 unspecified atom stereocenters. The number of nitrogens with one attached hydrogen (secondary N) is 2. The van der Waals surface area contributed by atoms with Crippen LogP contribution in [0, 0.1) is 6.92 Å². The van der Waals surface area contributed by atoms with Crippen LogP contribution < -0.4 is 15.5 Å². The number of aryl methyl sites for hydroxylation is 1. The molecule has 0 amide bonds. The molecule has 0 bridgehead atoms. The first-order chi connectivity index (χ1) is 15.3. The maximum Gasteiger partial charge on any atom is 0.229 e. The van der Waals surface area contributed by atoms with Gasteiger partial charge in [-0.15, -0.1) is 0 Å². The molecule has 2 N–H and O–H groups in total. The number of rotatable bonds is 6. The Morgan fingerprint density at radius 1 is 0.938 bits per heavy atom. The van der Waals surface area contributed by atoms with E-state index in [0.717, 1.165) is 37.4 Å². The van der Waals surface area contributed by atoms with Crippen LogP contribution >= 0.6 is 0 Å². The van der Waals surface area contributed by atoms with Crippen molar-refractivity contribution in [2.45, 2.75) is 11.8 Å². The van der Waals surface area contributed by atoms with Crippen LogP contribution in [0.1, 0.15) is 5.56 Å². The van der Waals surface area contributed by atoms with Gasteiger partial charge >= 0.3 is 0 Å². The normalized spacial score (nSPS) is 14.9. The van der Waals surface area contributed by atoms with Gasteiger partial charge in [0.2, 0.25) is 5.95 Å². The van der Waals surface area contributed by atoms with Crippen molar-refractivity contribution in [2.75, 3.05) is 55.0 Å². The average Bonchev–Trinajstić information content (AvgIpc) is 2.77. The standard InChI is InChI=1S/C23H28N6O2S/c1-17-16-24-23(27-22(17)25-19-5-4-6-21(15-19)32(3,30)31)26-18-7-9-20(10-8-18)29-13-11-28(2)12-14-29/h4-10,15-16H,11-14H2,1-3H3,(H2,24,25,26,27). The zero-order chi connectivity index (χ0) is 22.7. The quantitative estimate of drug-likeness (QED) is 0.588. The molecular weight excluding hydrogens is 424 g/mol. The van der Waals surface area contributed by atoms with Crippen molar-refractivity contribution >= 4 is 38.7 Å². The van der Waals surface area contributed by atoms with Crippen LogP contribution in [0.3, 0.4) is 0 Å². The summed E-state index contributed by atoms with van der Waals surface area (Å²) in [5, 5.41) is 6.45. The minimum atomic E-state index is -3.28. The van der Waals surface area contributed by atoms with Gasteiger partial charge in [-0.25, -0.2) is 13.4 Å². The van der Waals surface area contributed by atoms with Gasteiger partial charge in [0.1, 0.15) is 5.82 Å². The number of piperazine rings is 1. The van der Waals surface area contributed by atoms with Crippen molar-refractivity contribution in [2.24, 2.45) is 0 Å². The number of aromatic nitrogens is 2. The lowest BCUT2D eigenvalue weighted by Gasteiger charge is -2.34. The molecule has 0 atom stereocenters. The van der Waals surface area contributed by atoms with Gasteiger partial charge in [-0.2, -0.15) is 4.98 Å². The first kappa shape index (κ1) is 22.0. The number of likely N-dealkylation sites (N-methyl/N-ethyl adjacent to an activating group) is 1. The highest BCUT2D eigenvalue weighted by atomic mass is 32.2. The molecule has 8 nitrogen and oxygen atoms in total. The average molecular weight is 453 g/mol. The summed E-state index contributed by atoms with van der Waals surface area (Å²) in [5.41, 5.74) is 3.61. The Bertz CT molecular complexity index is 1190. The lowest BCUT2D eigenvalue weighted by atomic mass is 10.2. The molecule has 0 radical (unpaired) electrons. The van der Waals surface area contributed by atoms with E-state index < -0.39 is 9.84 Å². The molecule has 1 aliphatic heterocycles. The number of hydrogen-bond donors (Lipinski definition) is 2. The Hall–Kier alpha value is -3.17. The summed E-state index contributed by atoms with van der Waals surface area (Å²) in [6.07, 6.45) is 2.93. The van der Waals surface area contributed by atoms with E-state index in [2.05, 4.69) is 49.6 Å². The maximum absolute atomic E-state index is 11.8. The molecule has 3 aromatic rings. The maximum atomic E-state index is 11.8. The van der Waals surface area contributed by atoms with Crippen LogP contribution in [0.5, 0.6) is 0 Å². The van der Waals surface area contributed by atoms with Crippen LogP contribution in [0.25, 0.3) is 0 Å². The number of anilines is 5. The Balaban J connectivity index is 1.47. The van der Waals surface area contributed by atoms with E-state index in [1.165, 1.54) is 11.9 Å². The number of sulfone groups is 1. The number of nitrogens with zero attached hydrogens (tertiary/aromatic N) is 4. The van der Waals surface area contributed by atoms with Crippen LogP contribution in [0.15, 0.2) is 59.6 Å². The summed E-state index contributed by atoms with van der Waals surface area (Å²) in [6, 6.07) is 15.0. The van der Waals surface area contributed by atoms with Crippen LogP contribution in [0.2, 0.25) is 0 Å². The number of benzene rings is 2. The molecule has 2 heterocycles. The first-order valence-corrected chi connectivity index (χ1v) is 12.4. The zero-order valence-corrected chi connectivity index (χ0v) is 19.4. The van der Waals surface area contributed by atoms with Gasteiger partial charge in [-0.3, -0.25) is 0 Å². The summed E-state index contributed by atoms with van der Waals surface area (Å²) < 4.78 is 23.7. The van der Waals surface area contributed by atoms with Crippen molar-refractivity contribution in [3.8, 4) is 0 Å². The molecule has 1 saturated heterocycles. The van der Waals surface area contributed by atoms with Crippen molar-refractivity contribution < 1.29 is 8.42 Å². The Kier molecular flexibility index (Phi) is 6.29. The molecule has 0 aliphatic carbocycles. The lowest BCUT2D eigenvalue weighted by Crippen LogP contribution is -2.44. The predicted molar refractivity (Wildman–Crippen MR) is 129 cm³/mol. The highest BCUT2D eigenvalue weighted by Crippen LogP contribution is 2.24.